The lowest BCUT2D eigenvalue weighted by molar-refractivity contribution is 0.324. The summed E-state index contributed by atoms with van der Waals surface area (Å²) >= 11 is 3.15. The third-order valence-electron chi connectivity index (χ3n) is 3.68. The molecule has 6 nitrogen and oxygen atoms in total. The molecule has 0 aliphatic heterocycles. The molecule has 0 unspecified atom stereocenters. The van der Waals surface area contributed by atoms with E-state index >= 15 is 0 Å². The minimum absolute atomic E-state index is 0. The minimum Gasteiger partial charge on any atom is -0.493 e. The van der Waals surface area contributed by atoms with Gasteiger partial charge < -0.3 is 24.8 Å². The van der Waals surface area contributed by atoms with E-state index in [1.165, 1.54) is 6.07 Å². The second-order valence-electron chi connectivity index (χ2n) is 5.48. The van der Waals surface area contributed by atoms with Gasteiger partial charge in [0.2, 0.25) is 5.75 Å². The highest BCUT2D eigenvalue weighted by atomic mass is 127. The average molecular weight is 568 g/mol. The molecule has 0 bridgehead atoms. The van der Waals surface area contributed by atoms with Crippen LogP contribution in [0.3, 0.4) is 0 Å². The number of anilines is 1. The minimum atomic E-state index is -0.315. The topological polar surface area (TPSA) is 64.1 Å². The van der Waals surface area contributed by atoms with Gasteiger partial charge >= 0.3 is 0 Å². The van der Waals surface area contributed by atoms with Crippen LogP contribution in [0.1, 0.15) is 12.5 Å². The largest absolute Gasteiger partial charge is 0.493 e. The molecule has 2 rings (SSSR count). The molecule has 0 heterocycles. The molecule has 154 valence electrons. The zero-order valence-electron chi connectivity index (χ0n) is 16.1. The fourth-order valence-corrected chi connectivity index (χ4v) is 2.65. The molecule has 0 spiro atoms. The molecule has 0 radical (unpaired) electrons. The van der Waals surface area contributed by atoms with Crippen LogP contribution in [0.4, 0.5) is 10.1 Å². The van der Waals surface area contributed by atoms with Crippen molar-refractivity contribution in [3.63, 3.8) is 0 Å². The van der Waals surface area contributed by atoms with Crippen LogP contribution in [0, 0.1) is 5.82 Å². The molecule has 2 N–H and O–H groups in total. The van der Waals surface area contributed by atoms with Crippen LogP contribution in [0.2, 0.25) is 0 Å². The molecule has 0 saturated heterocycles. The van der Waals surface area contributed by atoms with Gasteiger partial charge in [-0.1, -0.05) is 6.07 Å². The first kappa shape index (κ1) is 24.3. The SMILES string of the molecule is CCNC(=NCc1ccc(Br)c(F)c1)Nc1cc(OC)c(OC)c(OC)c1.I. The van der Waals surface area contributed by atoms with E-state index in [1.54, 1.807) is 39.5 Å². The van der Waals surface area contributed by atoms with Gasteiger partial charge in [0.25, 0.3) is 0 Å². The summed E-state index contributed by atoms with van der Waals surface area (Å²) in [5, 5.41) is 6.35. The number of halogens is 3. The Kier molecular flexibility index (Phi) is 10.4. The fraction of sp³-hybridized carbons (Fsp3) is 0.316. The van der Waals surface area contributed by atoms with Crippen molar-refractivity contribution in [2.24, 2.45) is 4.99 Å². The number of nitrogens with one attached hydrogen (secondary N) is 2. The number of aliphatic imine (C=N–C) groups is 1. The zero-order chi connectivity index (χ0) is 19.8. The Morgan fingerprint density at radius 3 is 2.21 bits per heavy atom. The number of ether oxygens (including phenoxy) is 3. The van der Waals surface area contributed by atoms with E-state index in [9.17, 15) is 4.39 Å². The lowest BCUT2D eigenvalue weighted by Crippen LogP contribution is -2.30. The Morgan fingerprint density at radius 2 is 1.71 bits per heavy atom. The molecule has 2 aromatic rings. The van der Waals surface area contributed by atoms with Crippen molar-refractivity contribution in [2.45, 2.75) is 13.5 Å². The Hall–Kier alpha value is -1.75. The second kappa shape index (κ2) is 11.9. The van der Waals surface area contributed by atoms with Crippen LogP contribution < -0.4 is 24.8 Å². The molecular formula is C19H24BrFIN3O3. The summed E-state index contributed by atoms with van der Waals surface area (Å²) in [6.45, 7) is 2.96. The molecule has 0 aliphatic carbocycles. The van der Waals surface area contributed by atoms with Crippen LogP contribution in [0.15, 0.2) is 39.8 Å². The van der Waals surface area contributed by atoms with E-state index in [0.29, 0.717) is 46.5 Å². The Balaban J connectivity index is 0.00000392. The molecule has 0 fully saturated rings. The van der Waals surface area contributed by atoms with E-state index in [4.69, 9.17) is 14.2 Å². The first-order valence-electron chi connectivity index (χ1n) is 8.31. The van der Waals surface area contributed by atoms with Crippen molar-refractivity contribution < 1.29 is 18.6 Å². The highest BCUT2D eigenvalue weighted by Crippen LogP contribution is 2.39. The number of benzene rings is 2. The predicted octanol–water partition coefficient (Wildman–Crippen LogP) is 4.81. The third kappa shape index (κ3) is 6.40. The second-order valence-corrected chi connectivity index (χ2v) is 6.34. The Bertz CT molecular complexity index is 796. The summed E-state index contributed by atoms with van der Waals surface area (Å²) in [6, 6.07) is 8.51. The van der Waals surface area contributed by atoms with Crippen molar-refractivity contribution in [1.82, 2.24) is 5.32 Å². The number of nitrogens with zero attached hydrogens (tertiary/aromatic N) is 1. The molecule has 0 aliphatic rings. The first-order valence-corrected chi connectivity index (χ1v) is 9.10. The van der Waals surface area contributed by atoms with E-state index in [0.717, 1.165) is 5.56 Å². The molecule has 0 aromatic heterocycles. The normalized spacial score (nSPS) is 10.7. The summed E-state index contributed by atoms with van der Waals surface area (Å²) in [7, 11) is 4.67. The van der Waals surface area contributed by atoms with Gasteiger partial charge in [-0.2, -0.15) is 0 Å². The van der Waals surface area contributed by atoms with Gasteiger partial charge in [-0.25, -0.2) is 9.38 Å². The summed E-state index contributed by atoms with van der Waals surface area (Å²) < 4.78 is 30.2. The van der Waals surface area contributed by atoms with Gasteiger partial charge in [-0.05, 0) is 40.5 Å². The van der Waals surface area contributed by atoms with Crippen LogP contribution in [0.5, 0.6) is 17.2 Å². The smallest absolute Gasteiger partial charge is 0.203 e. The zero-order valence-corrected chi connectivity index (χ0v) is 20.1. The average Bonchev–Trinajstić information content (AvgIpc) is 2.67. The highest BCUT2D eigenvalue weighted by molar-refractivity contribution is 14.0. The number of rotatable bonds is 7. The lowest BCUT2D eigenvalue weighted by atomic mass is 10.2. The standard InChI is InChI=1S/C19H23BrFN3O3.HI/c1-5-22-19(23-11-12-6-7-14(20)15(21)8-12)24-13-9-16(25-2)18(27-4)17(10-13)26-3;/h6-10H,5,11H2,1-4H3,(H2,22,23,24);1H. The van der Waals surface area contributed by atoms with E-state index in [2.05, 4.69) is 31.6 Å². The molecular weight excluding hydrogens is 544 g/mol. The quantitative estimate of drug-likeness (QED) is 0.286. The number of guanidine groups is 1. The molecule has 0 atom stereocenters. The predicted molar refractivity (Wildman–Crippen MR) is 124 cm³/mol. The molecule has 0 amide bonds. The maximum Gasteiger partial charge on any atom is 0.203 e. The summed E-state index contributed by atoms with van der Waals surface area (Å²) in [6.07, 6.45) is 0. The van der Waals surface area contributed by atoms with Crippen molar-refractivity contribution in [3.05, 3.63) is 46.2 Å². The van der Waals surface area contributed by atoms with Gasteiger partial charge in [-0.15, -0.1) is 24.0 Å². The number of hydrogen-bond donors (Lipinski definition) is 2. The number of methoxy groups -OCH3 is 3. The van der Waals surface area contributed by atoms with Crippen LogP contribution in [-0.4, -0.2) is 33.8 Å². The molecule has 28 heavy (non-hydrogen) atoms. The maximum atomic E-state index is 13.7. The summed E-state index contributed by atoms with van der Waals surface area (Å²) in [4.78, 5) is 4.50. The van der Waals surface area contributed by atoms with Crippen LogP contribution in [-0.2, 0) is 6.54 Å². The lowest BCUT2D eigenvalue weighted by Gasteiger charge is -2.16. The summed E-state index contributed by atoms with van der Waals surface area (Å²) in [5.41, 5.74) is 1.48. The van der Waals surface area contributed by atoms with Crippen molar-refractivity contribution in [1.29, 1.82) is 0 Å². The van der Waals surface area contributed by atoms with Gasteiger partial charge in [-0.3, -0.25) is 0 Å². The van der Waals surface area contributed by atoms with Gasteiger partial charge in [0.15, 0.2) is 17.5 Å². The van der Waals surface area contributed by atoms with E-state index in [1.807, 2.05) is 13.0 Å². The Morgan fingerprint density at radius 1 is 1.07 bits per heavy atom. The van der Waals surface area contributed by atoms with Crippen LogP contribution >= 0.6 is 39.9 Å². The molecule has 2 aromatic carbocycles. The van der Waals surface area contributed by atoms with Gasteiger partial charge in [0, 0.05) is 24.4 Å². The van der Waals surface area contributed by atoms with Gasteiger partial charge in [0.05, 0.1) is 32.3 Å². The maximum absolute atomic E-state index is 13.7. The van der Waals surface area contributed by atoms with Gasteiger partial charge in [0.1, 0.15) is 5.82 Å². The van der Waals surface area contributed by atoms with Crippen molar-refractivity contribution >= 4 is 51.6 Å². The Labute approximate surface area is 190 Å². The number of hydrogen-bond acceptors (Lipinski definition) is 4. The first-order chi connectivity index (χ1) is 13.0. The van der Waals surface area contributed by atoms with Crippen molar-refractivity contribution in [3.8, 4) is 17.2 Å². The monoisotopic (exact) mass is 567 g/mol. The van der Waals surface area contributed by atoms with Crippen molar-refractivity contribution in [2.75, 3.05) is 33.2 Å². The van der Waals surface area contributed by atoms with E-state index < -0.39 is 0 Å². The van der Waals surface area contributed by atoms with E-state index in [-0.39, 0.29) is 29.8 Å². The van der Waals surface area contributed by atoms with Crippen LogP contribution in [0.25, 0.3) is 0 Å². The fourth-order valence-electron chi connectivity index (χ4n) is 2.41. The highest BCUT2D eigenvalue weighted by Gasteiger charge is 2.14. The third-order valence-corrected chi connectivity index (χ3v) is 4.32. The molecule has 0 saturated carbocycles. The summed E-state index contributed by atoms with van der Waals surface area (Å²) in [5.74, 6) is 1.81. The molecule has 9 heteroatoms.